The van der Waals surface area contributed by atoms with Crippen molar-refractivity contribution in [1.82, 2.24) is 29.8 Å². The highest BCUT2D eigenvalue weighted by atomic mass is 79.9. The third-order valence-electron chi connectivity index (χ3n) is 9.63. The maximum Gasteiger partial charge on any atom is 0.282 e. The fourth-order valence-corrected chi connectivity index (χ4v) is 7.55. The molecule has 3 atom stereocenters. The molecule has 0 saturated carbocycles. The molecule has 14 heteroatoms. The van der Waals surface area contributed by atoms with Crippen molar-refractivity contribution in [2.45, 2.75) is 49.9 Å². The predicted octanol–water partition coefficient (Wildman–Crippen LogP) is 2.11. The van der Waals surface area contributed by atoms with Crippen LogP contribution in [0.2, 0.25) is 0 Å². The Morgan fingerprint density at radius 1 is 1.02 bits per heavy atom. The average molecular weight is 719 g/mol. The van der Waals surface area contributed by atoms with Crippen LogP contribution in [0.3, 0.4) is 0 Å². The van der Waals surface area contributed by atoms with E-state index in [1.165, 1.54) is 9.58 Å². The van der Waals surface area contributed by atoms with Gasteiger partial charge in [-0.05, 0) is 83.2 Å². The lowest BCUT2D eigenvalue weighted by molar-refractivity contribution is -0.136. The lowest BCUT2D eigenvalue weighted by Crippen LogP contribution is -2.56. The monoisotopic (exact) mass is 717 g/mol. The van der Waals surface area contributed by atoms with Gasteiger partial charge in [-0.1, -0.05) is 12.1 Å². The number of hydrogen-bond donors (Lipinski definition) is 2. The summed E-state index contributed by atoms with van der Waals surface area (Å²) < 4.78 is 7.90. The molecule has 4 amide bonds. The van der Waals surface area contributed by atoms with E-state index in [1.807, 2.05) is 30.3 Å². The number of hydrogen-bond acceptors (Lipinski definition) is 9. The minimum Gasteiger partial charge on any atom is -0.487 e. The van der Waals surface area contributed by atoms with Crippen LogP contribution >= 0.6 is 15.9 Å². The number of halogens is 1. The van der Waals surface area contributed by atoms with Crippen molar-refractivity contribution < 1.29 is 23.9 Å². The van der Waals surface area contributed by atoms with E-state index in [0.717, 1.165) is 30.6 Å². The van der Waals surface area contributed by atoms with E-state index >= 15 is 0 Å². The lowest BCUT2D eigenvalue weighted by Gasteiger charge is -2.39. The smallest absolute Gasteiger partial charge is 0.282 e. The van der Waals surface area contributed by atoms with E-state index in [1.54, 1.807) is 30.3 Å². The van der Waals surface area contributed by atoms with Crippen LogP contribution in [0.5, 0.6) is 5.75 Å². The Morgan fingerprint density at radius 2 is 1.79 bits per heavy atom. The number of carbonyl (C=O) groups is 4. The molecule has 0 bridgehead atoms. The highest BCUT2D eigenvalue weighted by molar-refractivity contribution is 9.10. The van der Waals surface area contributed by atoms with Crippen LogP contribution in [0.4, 0.5) is 5.69 Å². The number of likely N-dealkylation sites (N-methyl/N-ethyl adjacent to an activating group) is 1. The minimum atomic E-state index is -0.664. The molecule has 7 rings (SSSR count). The summed E-state index contributed by atoms with van der Waals surface area (Å²) in [5.41, 5.74) is 3.57. The van der Waals surface area contributed by atoms with Crippen molar-refractivity contribution in [3.8, 4) is 5.75 Å². The second-order valence-electron chi connectivity index (χ2n) is 13.1. The normalized spacial score (nSPS) is 23.1. The van der Waals surface area contributed by atoms with Crippen LogP contribution in [0, 0.1) is 0 Å². The van der Waals surface area contributed by atoms with E-state index in [0.29, 0.717) is 46.5 Å². The minimum absolute atomic E-state index is 0.0517. The van der Waals surface area contributed by atoms with Crippen LogP contribution in [0.15, 0.2) is 57.9 Å². The number of likely N-dealkylation sites (tertiary alicyclic amines) is 2. The number of piperidine rings is 2. The molecule has 3 fully saturated rings. The number of amides is 4. The molecule has 250 valence electrons. The molecule has 1 unspecified atom stereocenters. The standard InChI is InChI=1S/C34H36BrN7O6/c1-39-14-21(11-23(16-39)37-27-13-36-40(2)34(47)30(27)35)19-3-5-20(6-4-19)32(45)41-17-25(18-41)48-24-7-8-26-22(12-24)15-42(33(26)46)28-9-10-29(43)38-31(28)44/h3-8,12-13,21,23,25,28,37H,9-11,14-18H2,1-2H3,(H,38,43,44)/t21-,23+,28?/m1/s1. The maximum absolute atomic E-state index is 13.2. The van der Waals surface area contributed by atoms with Gasteiger partial charge in [0, 0.05) is 50.3 Å². The molecule has 0 aliphatic carbocycles. The van der Waals surface area contributed by atoms with Crippen molar-refractivity contribution >= 4 is 45.2 Å². The third-order valence-corrected chi connectivity index (χ3v) is 10.4. The lowest BCUT2D eigenvalue weighted by atomic mass is 9.87. The number of fused-ring (bicyclic) bond motifs is 1. The molecule has 13 nitrogen and oxygen atoms in total. The number of aromatic nitrogens is 2. The topological polar surface area (TPSA) is 146 Å². The Balaban J connectivity index is 0.922. The number of nitrogens with one attached hydrogen (secondary N) is 2. The molecule has 48 heavy (non-hydrogen) atoms. The number of ether oxygens (including phenoxy) is 1. The van der Waals surface area contributed by atoms with E-state index in [9.17, 15) is 24.0 Å². The van der Waals surface area contributed by atoms with Gasteiger partial charge in [-0.25, -0.2) is 4.68 Å². The fourth-order valence-electron chi connectivity index (χ4n) is 7.07. The van der Waals surface area contributed by atoms with Gasteiger partial charge in [-0.2, -0.15) is 5.10 Å². The summed E-state index contributed by atoms with van der Waals surface area (Å²) in [6.45, 7) is 2.90. The van der Waals surface area contributed by atoms with Gasteiger partial charge in [0.05, 0.1) is 25.0 Å². The summed E-state index contributed by atoms with van der Waals surface area (Å²) in [6.07, 6.45) is 2.88. The fraction of sp³-hybridized carbons (Fsp3) is 0.412. The van der Waals surface area contributed by atoms with Gasteiger partial charge in [0.1, 0.15) is 22.4 Å². The number of nitrogens with zero attached hydrogens (tertiary/aromatic N) is 5. The molecule has 2 N–H and O–H groups in total. The summed E-state index contributed by atoms with van der Waals surface area (Å²) >= 11 is 3.40. The zero-order valence-corrected chi connectivity index (χ0v) is 28.2. The van der Waals surface area contributed by atoms with Gasteiger partial charge >= 0.3 is 0 Å². The number of aryl methyl sites for hydroxylation is 1. The van der Waals surface area contributed by atoms with Crippen LogP contribution in [-0.2, 0) is 23.2 Å². The molecule has 1 aromatic heterocycles. The Hall–Kier alpha value is -4.56. The van der Waals surface area contributed by atoms with Crippen molar-refractivity contribution in [3.63, 3.8) is 0 Å². The number of anilines is 1. The number of carbonyl (C=O) groups excluding carboxylic acids is 4. The average Bonchev–Trinajstić information content (AvgIpc) is 3.37. The molecule has 0 radical (unpaired) electrons. The van der Waals surface area contributed by atoms with Crippen LogP contribution in [0.25, 0.3) is 0 Å². The summed E-state index contributed by atoms with van der Waals surface area (Å²) in [7, 11) is 3.70. The Labute approximate surface area is 285 Å². The second-order valence-corrected chi connectivity index (χ2v) is 13.9. The van der Waals surface area contributed by atoms with Crippen LogP contribution in [0.1, 0.15) is 57.0 Å². The van der Waals surface area contributed by atoms with Crippen LogP contribution < -0.4 is 20.9 Å². The van der Waals surface area contributed by atoms with E-state index in [-0.39, 0.29) is 54.3 Å². The molecular weight excluding hydrogens is 682 g/mol. The van der Waals surface area contributed by atoms with E-state index in [2.05, 4.69) is 43.6 Å². The van der Waals surface area contributed by atoms with Gasteiger partial charge < -0.3 is 24.8 Å². The summed E-state index contributed by atoms with van der Waals surface area (Å²) in [4.78, 5) is 67.9. The quantitative estimate of drug-likeness (QED) is 0.351. The van der Waals surface area contributed by atoms with Crippen molar-refractivity contribution in [1.29, 1.82) is 0 Å². The predicted molar refractivity (Wildman–Crippen MR) is 179 cm³/mol. The Bertz CT molecular complexity index is 1860. The van der Waals surface area contributed by atoms with Crippen molar-refractivity contribution in [3.05, 3.63) is 85.7 Å². The molecule has 4 aliphatic heterocycles. The zero-order valence-electron chi connectivity index (χ0n) is 26.6. The highest BCUT2D eigenvalue weighted by Gasteiger charge is 2.40. The first-order valence-electron chi connectivity index (χ1n) is 16.0. The van der Waals surface area contributed by atoms with E-state index < -0.39 is 11.9 Å². The first kappa shape index (κ1) is 32.0. The summed E-state index contributed by atoms with van der Waals surface area (Å²) in [5.74, 6) is -0.172. The number of rotatable bonds is 7. The molecule has 2 aromatic carbocycles. The molecule has 0 spiro atoms. The molecule has 3 aromatic rings. The number of benzene rings is 2. The number of imide groups is 1. The second kappa shape index (κ2) is 12.8. The van der Waals surface area contributed by atoms with E-state index in [4.69, 9.17) is 4.74 Å². The van der Waals surface area contributed by atoms with Gasteiger partial charge in [0.15, 0.2) is 0 Å². The van der Waals surface area contributed by atoms with Gasteiger partial charge in [0.2, 0.25) is 11.8 Å². The molecule has 4 aliphatic rings. The zero-order chi connectivity index (χ0) is 33.7. The Morgan fingerprint density at radius 3 is 2.54 bits per heavy atom. The van der Waals surface area contributed by atoms with Gasteiger partial charge in [-0.15, -0.1) is 0 Å². The Kier molecular flexibility index (Phi) is 8.54. The van der Waals surface area contributed by atoms with Gasteiger partial charge in [-0.3, -0.25) is 29.3 Å². The van der Waals surface area contributed by atoms with Gasteiger partial charge in [0.25, 0.3) is 17.4 Å². The van der Waals surface area contributed by atoms with Crippen molar-refractivity contribution in [2.24, 2.45) is 7.05 Å². The maximum atomic E-state index is 13.2. The third kappa shape index (κ3) is 6.21. The summed E-state index contributed by atoms with van der Waals surface area (Å²) in [5, 5.41) is 9.94. The highest BCUT2D eigenvalue weighted by Crippen LogP contribution is 2.32. The largest absolute Gasteiger partial charge is 0.487 e. The molecule has 3 saturated heterocycles. The summed E-state index contributed by atoms with van der Waals surface area (Å²) in [6, 6.07) is 12.6. The molecule has 5 heterocycles. The van der Waals surface area contributed by atoms with Crippen LogP contribution in [-0.4, -0.2) is 99.5 Å². The first-order valence-corrected chi connectivity index (χ1v) is 16.8. The first-order chi connectivity index (χ1) is 23.0. The van der Waals surface area contributed by atoms with Crippen molar-refractivity contribution in [2.75, 3.05) is 38.5 Å². The SMILES string of the molecule is CN1C[C@@H](Nc2cnn(C)c(=O)c2Br)C[C@@H](c2ccc(C(=O)N3CC(Oc4ccc5c(c4)CN(C4CCC(=O)NC4=O)C5=O)C3)cc2)C1. The molecular formula is C34H36BrN7O6.